The molecule has 5 rings (SSSR count). The molecule has 8 nitrogen and oxygen atoms in total. The van der Waals surface area contributed by atoms with E-state index in [4.69, 9.17) is 4.74 Å². The summed E-state index contributed by atoms with van der Waals surface area (Å²) in [6, 6.07) is 9.99. The molecule has 1 aromatic heterocycles. The lowest BCUT2D eigenvalue weighted by Gasteiger charge is -2.32. The average Bonchev–Trinajstić information content (AvgIpc) is 3.20. The first-order chi connectivity index (χ1) is 16.4. The van der Waals surface area contributed by atoms with Crippen molar-refractivity contribution >= 4 is 32.7 Å². The highest BCUT2D eigenvalue weighted by molar-refractivity contribution is 7.89. The van der Waals surface area contributed by atoms with Gasteiger partial charge in [0.15, 0.2) is 0 Å². The standard InChI is InChI=1S/C25H30N4O4S/c1-16-6-3-4-13-29(16)34(31,32)23-14-18(9-12-22(23)33-2)25(30)26-19-10-11-20-21(15-19)28-24(27-20)17-7-5-8-17/h9-12,14-17H,3-8,13H2,1-2H3,(H,26,30)(H,27,28). The van der Waals surface area contributed by atoms with Gasteiger partial charge >= 0.3 is 0 Å². The van der Waals surface area contributed by atoms with Crippen LogP contribution in [-0.2, 0) is 10.0 Å². The highest BCUT2D eigenvalue weighted by atomic mass is 32.2. The Bertz CT molecular complexity index is 1330. The number of hydrogen-bond donors (Lipinski definition) is 2. The number of benzene rings is 2. The maximum atomic E-state index is 13.4. The Kier molecular flexibility index (Phi) is 6.07. The first kappa shape index (κ1) is 22.9. The molecule has 2 aliphatic rings. The molecule has 1 amide bonds. The molecule has 1 aliphatic heterocycles. The number of ether oxygens (including phenoxy) is 1. The molecule has 0 bridgehead atoms. The highest BCUT2D eigenvalue weighted by Crippen LogP contribution is 2.36. The first-order valence-corrected chi connectivity index (χ1v) is 13.3. The van der Waals surface area contributed by atoms with Crippen molar-refractivity contribution in [3.8, 4) is 5.75 Å². The average molecular weight is 483 g/mol. The lowest BCUT2D eigenvalue weighted by Crippen LogP contribution is -2.42. The Morgan fingerprint density at radius 3 is 2.65 bits per heavy atom. The van der Waals surface area contributed by atoms with E-state index in [1.807, 2.05) is 25.1 Å². The maximum absolute atomic E-state index is 13.4. The minimum absolute atomic E-state index is 0.0190. The molecular weight excluding hydrogens is 452 g/mol. The summed E-state index contributed by atoms with van der Waals surface area (Å²) in [4.78, 5) is 21.1. The van der Waals surface area contributed by atoms with Crippen LogP contribution in [0.15, 0.2) is 41.3 Å². The third kappa shape index (κ3) is 4.18. The smallest absolute Gasteiger partial charge is 0.255 e. The van der Waals surface area contributed by atoms with Gasteiger partial charge in [-0.25, -0.2) is 13.4 Å². The number of aromatic amines is 1. The number of fused-ring (bicyclic) bond motifs is 1. The molecule has 2 N–H and O–H groups in total. The largest absolute Gasteiger partial charge is 0.495 e. The quantitative estimate of drug-likeness (QED) is 0.532. The number of methoxy groups -OCH3 is 1. The summed E-state index contributed by atoms with van der Waals surface area (Å²) in [5, 5.41) is 2.89. The fraction of sp³-hybridized carbons (Fsp3) is 0.440. The van der Waals surface area contributed by atoms with Gasteiger partial charge in [-0.05, 0) is 69.0 Å². The van der Waals surface area contributed by atoms with Gasteiger partial charge in [-0.2, -0.15) is 4.31 Å². The van der Waals surface area contributed by atoms with Gasteiger partial charge < -0.3 is 15.0 Å². The van der Waals surface area contributed by atoms with Gasteiger partial charge in [0, 0.05) is 29.8 Å². The minimum atomic E-state index is -3.80. The number of nitrogens with one attached hydrogen (secondary N) is 2. The predicted octanol–water partition coefficient (Wildman–Crippen LogP) is 4.65. The number of anilines is 1. The lowest BCUT2D eigenvalue weighted by molar-refractivity contribution is 0.102. The zero-order valence-electron chi connectivity index (χ0n) is 19.5. The third-order valence-corrected chi connectivity index (χ3v) is 9.04. The predicted molar refractivity (Wildman–Crippen MR) is 131 cm³/mol. The van der Waals surface area contributed by atoms with Crippen LogP contribution in [0, 0.1) is 0 Å². The van der Waals surface area contributed by atoms with Gasteiger partial charge in [0.25, 0.3) is 5.91 Å². The van der Waals surface area contributed by atoms with E-state index in [2.05, 4.69) is 15.3 Å². The van der Waals surface area contributed by atoms with E-state index in [1.165, 1.54) is 23.9 Å². The SMILES string of the molecule is COc1ccc(C(=O)Nc2ccc3nc(C4CCC4)[nH]c3c2)cc1S(=O)(=O)N1CCCCC1C. The minimum Gasteiger partial charge on any atom is -0.495 e. The number of sulfonamides is 1. The number of nitrogens with zero attached hydrogens (tertiary/aromatic N) is 2. The molecule has 0 radical (unpaired) electrons. The molecule has 1 unspecified atom stereocenters. The fourth-order valence-corrected chi connectivity index (χ4v) is 6.64. The second-order valence-corrected chi connectivity index (χ2v) is 11.1. The highest BCUT2D eigenvalue weighted by Gasteiger charge is 2.33. The normalized spacial score (nSPS) is 19.6. The van der Waals surface area contributed by atoms with E-state index in [0.717, 1.165) is 49.0 Å². The number of hydrogen-bond acceptors (Lipinski definition) is 5. The first-order valence-electron chi connectivity index (χ1n) is 11.9. The lowest BCUT2D eigenvalue weighted by atomic mass is 9.85. The summed E-state index contributed by atoms with van der Waals surface area (Å²) in [6.07, 6.45) is 6.20. The Labute approximate surface area is 199 Å². The number of H-pyrrole nitrogens is 1. The van der Waals surface area contributed by atoms with Gasteiger partial charge in [0.2, 0.25) is 10.0 Å². The molecule has 1 atom stereocenters. The summed E-state index contributed by atoms with van der Waals surface area (Å²) >= 11 is 0. The van der Waals surface area contributed by atoms with Crippen LogP contribution < -0.4 is 10.1 Å². The van der Waals surface area contributed by atoms with Crippen molar-refractivity contribution < 1.29 is 17.9 Å². The number of aromatic nitrogens is 2. The van der Waals surface area contributed by atoms with Crippen molar-refractivity contribution in [3.05, 3.63) is 47.8 Å². The van der Waals surface area contributed by atoms with Crippen molar-refractivity contribution in [2.45, 2.75) is 62.3 Å². The van der Waals surface area contributed by atoms with Gasteiger partial charge in [0.05, 0.1) is 18.1 Å². The number of amides is 1. The summed E-state index contributed by atoms with van der Waals surface area (Å²) < 4.78 is 33.8. The number of piperidine rings is 1. The van der Waals surface area contributed by atoms with Gasteiger partial charge in [-0.3, -0.25) is 4.79 Å². The third-order valence-electron chi connectivity index (χ3n) is 7.00. The topological polar surface area (TPSA) is 104 Å². The maximum Gasteiger partial charge on any atom is 0.255 e. The second-order valence-electron chi connectivity index (χ2n) is 9.26. The van der Waals surface area contributed by atoms with Crippen molar-refractivity contribution in [1.82, 2.24) is 14.3 Å². The van der Waals surface area contributed by atoms with Gasteiger partial charge in [-0.15, -0.1) is 0 Å². The second kappa shape index (κ2) is 9.03. The van der Waals surface area contributed by atoms with Crippen LogP contribution in [0.5, 0.6) is 5.75 Å². The van der Waals surface area contributed by atoms with E-state index >= 15 is 0 Å². The molecule has 0 spiro atoms. The molecule has 2 fully saturated rings. The van der Waals surface area contributed by atoms with E-state index in [1.54, 1.807) is 12.1 Å². The number of rotatable bonds is 6. The fourth-order valence-electron chi connectivity index (χ4n) is 4.76. The zero-order chi connectivity index (χ0) is 23.9. The molecule has 1 aliphatic carbocycles. The van der Waals surface area contributed by atoms with Crippen molar-refractivity contribution in [2.24, 2.45) is 0 Å². The van der Waals surface area contributed by atoms with Gasteiger partial charge in [-0.1, -0.05) is 12.8 Å². The van der Waals surface area contributed by atoms with E-state index in [-0.39, 0.29) is 28.2 Å². The molecule has 180 valence electrons. The zero-order valence-corrected chi connectivity index (χ0v) is 20.3. The van der Waals surface area contributed by atoms with Crippen LogP contribution >= 0.6 is 0 Å². The molecule has 3 aromatic rings. The Hall–Kier alpha value is -2.91. The Morgan fingerprint density at radius 1 is 1.12 bits per heavy atom. The van der Waals surface area contributed by atoms with Crippen LogP contribution in [0.3, 0.4) is 0 Å². The van der Waals surface area contributed by atoms with E-state index in [0.29, 0.717) is 18.2 Å². The van der Waals surface area contributed by atoms with Crippen molar-refractivity contribution in [1.29, 1.82) is 0 Å². The molecular formula is C25H30N4O4S. The molecule has 9 heteroatoms. The molecule has 2 aromatic carbocycles. The Balaban J connectivity index is 1.40. The number of carbonyl (C=O) groups is 1. The summed E-state index contributed by atoms with van der Waals surface area (Å²) in [7, 11) is -2.36. The summed E-state index contributed by atoms with van der Waals surface area (Å²) in [6.45, 7) is 2.39. The van der Waals surface area contributed by atoms with Crippen LogP contribution in [0.4, 0.5) is 5.69 Å². The van der Waals surface area contributed by atoms with Crippen molar-refractivity contribution in [3.63, 3.8) is 0 Å². The van der Waals surface area contributed by atoms with Crippen molar-refractivity contribution in [2.75, 3.05) is 19.0 Å². The molecule has 34 heavy (non-hydrogen) atoms. The Morgan fingerprint density at radius 2 is 1.94 bits per heavy atom. The number of carbonyl (C=O) groups excluding carboxylic acids is 1. The summed E-state index contributed by atoms with van der Waals surface area (Å²) in [5.41, 5.74) is 2.61. The number of imidazole rings is 1. The monoisotopic (exact) mass is 482 g/mol. The van der Waals surface area contributed by atoms with E-state index < -0.39 is 10.0 Å². The van der Waals surface area contributed by atoms with Crippen LogP contribution in [-0.4, -0.2) is 48.3 Å². The molecule has 2 heterocycles. The summed E-state index contributed by atoms with van der Waals surface area (Å²) in [5.74, 6) is 1.34. The van der Waals surface area contributed by atoms with E-state index in [9.17, 15) is 13.2 Å². The van der Waals surface area contributed by atoms with Gasteiger partial charge in [0.1, 0.15) is 16.5 Å². The van der Waals surface area contributed by atoms with Crippen LogP contribution in [0.2, 0.25) is 0 Å². The molecule has 1 saturated carbocycles. The molecule has 1 saturated heterocycles. The van der Waals surface area contributed by atoms with Crippen LogP contribution in [0.1, 0.15) is 67.5 Å². The van der Waals surface area contributed by atoms with Crippen LogP contribution in [0.25, 0.3) is 11.0 Å².